The fourth-order valence-corrected chi connectivity index (χ4v) is 7.34. The van der Waals surface area contributed by atoms with Gasteiger partial charge in [0.2, 0.25) is 17.7 Å². The van der Waals surface area contributed by atoms with E-state index in [4.69, 9.17) is 5.73 Å². The normalized spacial score (nSPS) is 33.4. The van der Waals surface area contributed by atoms with Crippen LogP contribution in [0.25, 0.3) is 0 Å². The zero-order chi connectivity index (χ0) is 27.3. The molecule has 5 rings (SSSR count). The van der Waals surface area contributed by atoms with E-state index < -0.39 is 36.1 Å². The smallest absolute Gasteiger partial charge is 0.353 e. The Bertz CT molecular complexity index is 1150. The first-order valence-corrected chi connectivity index (χ1v) is 13.4. The number of nitrogens with two attached hydrogens (primary N) is 1. The topological polar surface area (TPSA) is 209 Å². The van der Waals surface area contributed by atoms with E-state index in [1.54, 1.807) is 11.8 Å². The second kappa shape index (κ2) is 10.2. The molecule has 0 saturated carbocycles. The maximum atomic E-state index is 13.1. The van der Waals surface area contributed by atoms with Crippen molar-refractivity contribution in [1.82, 2.24) is 40.6 Å². The number of fused-ring (bicyclic) bond motifs is 1. The number of amides is 3. The number of carboxylic acids is 1. The summed E-state index contributed by atoms with van der Waals surface area (Å²) in [5.41, 5.74) is 5.81. The van der Waals surface area contributed by atoms with Crippen LogP contribution >= 0.6 is 11.8 Å². The predicted octanol–water partition coefficient (Wildman–Crippen LogP) is -3.06. The van der Waals surface area contributed by atoms with Crippen LogP contribution in [0.2, 0.25) is 0 Å². The number of carbonyl (C=O) groups excluding carboxylic acids is 3. The number of aliphatic hydroxyl groups excluding tert-OH is 1. The number of nitrogens with zero attached hydrogens (tertiary/aromatic N) is 6. The van der Waals surface area contributed by atoms with Crippen molar-refractivity contribution in [3.05, 3.63) is 16.9 Å². The monoisotopic (exact) mass is 549 g/mol. The highest BCUT2D eigenvalue weighted by molar-refractivity contribution is 8.03. The van der Waals surface area contributed by atoms with E-state index in [9.17, 15) is 29.4 Å². The summed E-state index contributed by atoms with van der Waals surface area (Å²) < 4.78 is 1.27. The molecule has 8 atom stereocenters. The molecule has 38 heavy (non-hydrogen) atoms. The highest BCUT2D eigenvalue weighted by Crippen LogP contribution is 2.51. The van der Waals surface area contributed by atoms with Crippen LogP contribution in [-0.4, -0.2) is 119 Å². The minimum atomic E-state index is -1.18. The van der Waals surface area contributed by atoms with E-state index in [0.717, 1.165) is 0 Å². The van der Waals surface area contributed by atoms with Gasteiger partial charge >= 0.3 is 5.97 Å². The molecule has 4 aliphatic heterocycles. The van der Waals surface area contributed by atoms with Crippen molar-refractivity contribution in [3.63, 3.8) is 0 Å². The molecule has 3 saturated heterocycles. The van der Waals surface area contributed by atoms with Gasteiger partial charge in [-0.25, -0.2) is 9.48 Å². The van der Waals surface area contributed by atoms with E-state index in [0.29, 0.717) is 24.4 Å². The van der Waals surface area contributed by atoms with Crippen LogP contribution < -0.4 is 16.4 Å². The van der Waals surface area contributed by atoms with Gasteiger partial charge in [0.25, 0.3) is 0 Å². The average Bonchev–Trinajstić information content (AvgIpc) is 3.63. The molecular weight excluding hydrogens is 518 g/mol. The number of aliphatic carboxylic acids is 1. The fourth-order valence-electron chi connectivity index (χ4n) is 5.86. The van der Waals surface area contributed by atoms with Gasteiger partial charge < -0.3 is 36.4 Å². The van der Waals surface area contributed by atoms with Gasteiger partial charge in [-0.2, -0.15) is 0 Å². The zero-order valence-corrected chi connectivity index (χ0v) is 21.7. The Morgan fingerprint density at radius 2 is 2.11 bits per heavy atom. The third kappa shape index (κ3) is 4.65. The molecule has 1 aromatic rings. The SMILES string of the molecule is C[C@@H](NC(=O)Cn1cnnn1)[C@H]1C(=O)N2C(C(=O)O)=C(S[C@@H]3CN[C@H](C(=O)N4CC(O)[C@H](N)C4)C3)[C@H](C)[C@H]12. The fraction of sp³-hybridized carbons (Fsp3) is 0.682. The maximum absolute atomic E-state index is 13.1. The number of hydrogen-bond donors (Lipinski definition) is 5. The van der Waals surface area contributed by atoms with Gasteiger partial charge in [-0.3, -0.25) is 14.4 Å². The first kappa shape index (κ1) is 26.5. The van der Waals surface area contributed by atoms with Gasteiger partial charge in [0.1, 0.15) is 18.6 Å². The van der Waals surface area contributed by atoms with Crippen LogP contribution in [0.5, 0.6) is 0 Å². The number of carboxylic acid groups (broad SMARTS) is 1. The molecule has 206 valence electrons. The van der Waals surface area contributed by atoms with Crippen LogP contribution in [0.15, 0.2) is 16.9 Å². The average molecular weight is 550 g/mol. The summed E-state index contributed by atoms with van der Waals surface area (Å²) in [6, 6.07) is -1.82. The lowest BCUT2D eigenvalue weighted by molar-refractivity contribution is -0.158. The number of rotatable bonds is 8. The zero-order valence-electron chi connectivity index (χ0n) is 20.9. The molecule has 0 bridgehead atoms. The van der Waals surface area contributed by atoms with Gasteiger partial charge in [0, 0.05) is 47.8 Å². The Morgan fingerprint density at radius 3 is 2.74 bits per heavy atom. The van der Waals surface area contributed by atoms with Crippen LogP contribution in [0.3, 0.4) is 0 Å². The molecular formula is C22H31N9O6S. The van der Waals surface area contributed by atoms with Crippen molar-refractivity contribution < 1.29 is 29.4 Å². The molecule has 5 heterocycles. The molecule has 16 heteroatoms. The van der Waals surface area contributed by atoms with E-state index in [2.05, 4.69) is 26.2 Å². The summed E-state index contributed by atoms with van der Waals surface area (Å²) in [7, 11) is 0. The third-order valence-electron chi connectivity index (χ3n) is 7.74. The number of likely N-dealkylation sites (tertiary alicyclic amines) is 1. The Labute approximate surface area is 222 Å². The Balaban J connectivity index is 1.23. The van der Waals surface area contributed by atoms with E-state index in [-0.39, 0.29) is 53.7 Å². The molecule has 4 aliphatic rings. The summed E-state index contributed by atoms with van der Waals surface area (Å²) >= 11 is 1.39. The maximum Gasteiger partial charge on any atom is 0.353 e. The summed E-state index contributed by atoms with van der Waals surface area (Å²) in [6.07, 6.45) is 1.06. The number of aromatic nitrogens is 4. The summed E-state index contributed by atoms with van der Waals surface area (Å²) in [4.78, 5) is 54.2. The first-order valence-electron chi connectivity index (χ1n) is 12.5. The predicted molar refractivity (Wildman–Crippen MR) is 132 cm³/mol. The van der Waals surface area contributed by atoms with Gasteiger partial charge in [0.15, 0.2) is 0 Å². The number of hydrogen-bond acceptors (Lipinski definition) is 11. The van der Waals surface area contributed by atoms with Crippen LogP contribution in [0, 0.1) is 11.8 Å². The van der Waals surface area contributed by atoms with Crippen molar-refractivity contribution in [2.45, 2.75) is 62.3 Å². The standard InChI is InChI=1S/C22H31N9O6S/c1-9-17-16(10(2)26-15(33)7-30-8-25-27-28-30)21(35)31(17)18(22(36)37)19(9)38-11-3-13(24-4-11)20(34)29-5-12(23)14(32)6-29/h8-14,16-17,24,32H,3-7,23H2,1-2H3,(H,26,33)(H,36,37)/t9-,10-,11+,12-,13+,14?,16-,17-/m1/s1. The molecule has 15 nitrogen and oxygen atoms in total. The molecule has 0 aromatic carbocycles. The lowest BCUT2D eigenvalue weighted by Crippen LogP contribution is -2.66. The van der Waals surface area contributed by atoms with E-state index in [1.165, 1.54) is 27.7 Å². The molecule has 1 aromatic heterocycles. The number of carbonyl (C=O) groups is 4. The molecule has 0 aliphatic carbocycles. The van der Waals surface area contributed by atoms with Gasteiger partial charge in [0.05, 0.1) is 24.1 Å². The number of nitrogens with one attached hydrogen (secondary N) is 2. The lowest BCUT2D eigenvalue weighted by atomic mass is 9.78. The van der Waals surface area contributed by atoms with Crippen LogP contribution in [-0.2, 0) is 25.7 Å². The van der Waals surface area contributed by atoms with Gasteiger partial charge in [-0.15, -0.1) is 16.9 Å². The van der Waals surface area contributed by atoms with E-state index in [1.807, 2.05) is 6.92 Å². The molecule has 3 amide bonds. The quantitative estimate of drug-likeness (QED) is 0.205. The number of β-lactam (4-membered cyclic amide) rings is 1. The van der Waals surface area contributed by atoms with Crippen molar-refractivity contribution in [2.75, 3.05) is 19.6 Å². The van der Waals surface area contributed by atoms with E-state index >= 15 is 0 Å². The number of aliphatic hydroxyl groups is 1. The minimum absolute atomic E-state index is 0.0237. The molecule has 1 unspecified atom stereocenters. The van der Waals surface area contributed by atoms with Gasteiger partial charge in [-0.1, -0.05) is 6.92 Å². The molecule has 6 N–H and O–H groups in total. The molecule has 0 radical (unpaired) electrons. The number of thioether (sulfide) groups is 1. The van der Waals surface area contributed by atoms with Gasteiger partial charge in [-0.05, 0) is 23.8 Å². The third-order valence-corrected chi connectivity index (χ3v) is 9.25. The van der Waals surface area contributed by atoms with Crippen molar-refractivity contribution in [1.29, 1.82) is 0 Å². The second-order valence-corrected chi connectivity index (χ2v) is 11.6. The second-order valence-electron chi connectivity index (χ2n) is 10.3. The molecule has 3 fully saturated rings. The number of β-amino-alcohol motifs (C(OH)–C–C–N with tert-alkyl or cyclic N) is 1. The lowest BCUT2D eigenvalue weighted by Gasteiger charge is -2.47. The highest BCUT2D eigenvalue weighted by Gasteiger charge is 2.60. The van der Waals surface area contributed by atoms with Crippen molar-refractivity contribution >= 4 is 35.5 Å². The first-order chi connectivity index (χ1) is 18.1. The highest BCUT2D eigenvalue weighted by atomic mass is 32.2. The summed E-state index contributed by atoms with van der Waals surface area (Å²) in [5.74, 6) is -2.83. The Hall–Kier alpha value is -3.08. The Morgan fingerprint density at radius 1 is 1.34 bits per heavy atom. The van der Waals surface area contributed by atoms with Crippen molar-refractivity contribution in [3.8, 4) is 0 Å². The largest absolute Gasteiger partial charge is 0.477 e. The summed E-state index contributed by atoms with van der Waals surface area (Å²) in [6.45, 7) is 4.52. The van der Waals surface area contributed by atoms with Crippen LogP contribution in [0.4, 0.5) is 0 Å². The minimum Gasteiger partial charge on any atom is -0.477 e. The summed E-state index contributed by atoms with van der Waals surface area (Å²) in [5, 5.41) is 36.5. The van der Waals surface area contributed by atoms with Crippen molar-refractivity contribution in [2.24, 2.45) is 17.6 Å². The number of tetrazole rings is 1. The van der Waals surface area contributed by atoms with Crippen LogP contribution in [0.1, 0.15) is 20.3 Å². The molecule has 0 spiro atoms. The Kier molecular flexibility index (Phi) is 7.15.